The van der Waals surface area contributed by atoms with E-state index in [-0.39, 0.29) is 17.9 Å². The molecule has 24 heavy (non-hydrogen) atoms. The summed E-state index contributed by atoms with van der Waals surface area (Å²) in [6.45, 7) is 5.20. The molecule has 2 saturated heterocycles. The van der Waals surface area contributed by atoms with Crippen molar-refractivity contribution in [3.05, 3.63) is 35.4 Å². The van der Waals surface area contributed by atoms with Crippen molar-refractivity contribution in [1.29, 1.82) is 0 Å². The minimum atomic E-state index is -0.00964. The zero-order valence-electron chi connectivity index (χ0n) is 14.4. The predicted octanol–water partition coefficient (Wildman–Crippen LogP) is 1.89. The molecule has 0 saturated carbocycles. The smallest absolute Gasteiger partial charge is 0.251 e. The summed E-state index contributed by atoms with van der Waals surface area (Å²) in [4.78, 5) is 25.6. The van der Waals surface area contributed by atoms with E-state index in [2.05, 4.69) is 22.8 Å². The van der Waals surface area contributed by atoms with Crippen molar-refractivity contribution < 1.29 is 9.59 Å². The van der Waals surface area contributed by atoms with Crippen molar-refractivity contribution in [2.75, 3.05) is 26.2 Å². The number of nitrogens with zero attached hydrogens (tertiary/aromatic N) is 1. The van der Waals surface area contributed by atoms with Gasteiger partial charge in [0.25, 0.3) is 5.91 Å². The van der Waals surface area contributed by atoms with Crippen molar-refractivity contribution in [2.45, 2.75) is 44.6 Å². The lowest BCUT2D eigenvalue weighted by Gasteiger charge is -2.31. The molecule has 0 spiro atoms. The molecule has 2 fully saturated rings. The van der Waals surface area contributed by atoms with E-state index in [0.29, 0.717) is 5.92 Å². The van der Waals surface area contributed by atoms with Gasteiger partial charge < -0.3 is 15.5 Å². The maximum atomic E-state index is 12.4. The summed E-state index contributed by atoms with van der Waals surface area (Å²) in [7, 11) is 0. The third-order valence-corrected chi connectivity index (χ3v) is 5.22. The average molecular weight is 329 g/mol. The highest BCUT2D eigenvalue weighted by molar-refractivity contribution is 5.94. The first-order chi connectivity index (χ1) is 11.6. The highest BCUT2D eigenvalue weighted by atomic mass is 16.2. The van der Waals surface area contributed by atoms with E-state index in [9.17, 15) is 9.59 Å². The van der Waals surface area contributed by atoms with Gasteiger partial charge in [-0.05, 0) is 55.8 Å². The second-order valence-electron chi connectivity index (χ2n) is 6.92. The number of piperidine rings is 2. The van der Waals surface area contributed by atoms with Crippen molar-refractivity contribution in [3.63, 3.8) is 0 Å². The van der Waals surface area contributed by atoms with E-state index in [1.54, 1.807) is 6.92 Å². The Morgan fingerprint density at radius 1 is 1.12 bits per heavy atom. The van der Waals surface area contributed by atoms with Crippen LogP contribution in [0.25, 0.3) is 0 Å². The topological polar surface area (TPSA) is 61.4 Å². The molecule has 1 aromatic carbocycles. The van der Waals surface area contributed by atoms with Crippen LogP contribution in [-0.4, -0.2) is 48.9 Å². The average Bonchev–Trinajstić information content (AvgIpc) is 2.63. The van der Waals surface area contributed by atoms with Crippen LogP contribution in [0.4, 0.5) is 0 Å². The first-order valence-electron chi connectivity index (χ1n) is 9.00. The summed E-state index contributed by atoms with van der Waals surface area (Å²) in [5, 5.41) is 6.53. The van der Waals surface area contributed by atoms with Gasteiger partial charge in [-0.25, -0.2) is 0 Å². The van der Waals surface area contributed by atoms with Crippen LogP contribution in [0.15, 0.2) is 24.3 Å². The predicted molar refractivity (Wildman–Crippen MR) is 94.0 cm³/mol. The van der Waals surface area contributed by atoms with Crippen molar-refractivity contribution >= 4 is 11.8 Å². The third kappa shape index (κ3) is 4.15. The molecular weight excluding hydrogens is 302 g/mol. The molecule has 2 heterocycles. The molecule has 0 aromatic heterocycles. The molecule has 2 aliphatic rings. The van der Waals surface area contributed by atoms with Crippen LogP contribution < -0.4 is 10.6 Å². The van der Waals surface area contributed by atoms with E-state index < -0.39 is 0 Å². The Morgan fingerprint density at radius 2 is 1.83 bits per heavy atom. The van der Waals surface area contributed by atoms with Crippen molar-refractivity contribution in [3.8, 4) is 0 Å². The second kappa shape index (κ2) is 7.79. The monoisotopic (exact) mass is 329 g/mol. The molecule has 0 aliphatic carbocycles. The van der Waals surface area contributed by atoms with Gasteiger partial charge >= 0.3 is 0 Å². The Hall–Kier alpha value is -1.88. The van der Waals surface area contributed by atoms with Gasteiger partial charge in [0.1, 0.15) is 0 Å². The molecule has 2 N–H and O–H groups in total. The normalized spacial score (nSPS) is 22.2. The molecule has 2 amide bonds. The maximum Gasteiger partial charge on any atom is 0.251 e. The number of carbonyl (C=O) groups excluding carboxylic acids is 2. The van der Waals surface area contributed by atoms with Crippen LogP contribution in [0.3, 0.4) is 0 Å². The van der Waals surface area contributed by atoms with Gasteiger partial charge in [0, 0.05) is 38.2 Å². The van der Waals surface area contributed by atoms with Gasteiger partial charge in [-0.2, -0.15) is 0 Å². The molecule has 1 aromatic rings. The Bertz CT molecular complexity index is 571. The highest BCUT2D eigenvalue weighted by Crippen LogP contribution is 2.23. The fourth-order valence-corrected chi connectivity index (χ4v) is 3.65. The Kier molecular flexibility index (Phi) is 5.51. The molecule has 5 heteroatoms. The van der Waals surface area contributed by atoms with Gasteiger partial charge in [0.15, 0.2) is 0 Å². The van der Waals surface area contributed by atoms with Crippen LogP contribution in [0.5, 0.6) is 0 Å². The van der Waals surface area contributed by atoms with E-state index in [1.807, 2.05) is 17.0 Å². The number of rotatable bonds is 3. The third-order valence-electron chi connectivity index (χ3n) is 5.22. The Morgan fingerprint density at radius 3 is 2.42 bits per heavy atom. The number of amides is 2. The van der Waals surface area contributed by atoms with E-state index >= 15 is 0 Å². The molecule has 2 aliphatic heterocycles. The number of likely N-dealkylation sites (tertiary alicyclic amines) is 1. The Balaban J connectivity index is 1.53. The lowest BCUT2D eigenvalue weighted by Crippen LogP contribution is -2.46. The van der Waals surface area contributed by atoms with Gasteiger partial charge in [0.05, 0.1) is 0 Å². The van der Waals surface area contributed by atoms with Gasteiger partial charge in [-0.15, -0.1) is 0 Å². The minimum absolute atomic E-state index is 0.00964. The Labute approximate surface area is 143 Å². The SMILES string of the molecule is CC(=O)N1CCC(NC(=O)c2ccc(C3CCCNC3)cc2)CC1. The molecule has 3 rings (SSSR count). The van der Waals surface area contributed by atoms with Crippen LogP contribution in [0, 0.1) is 0 Å². The van der Waals surface area contributed by atoms with Gasteiger partial charge in [-0.3, -0.25) is 9.59 Å². The lowest BCUT2D eigenvalue weighted by molar-refractivity contribution is -0.129. The fraction of sp³-hybridized carbons (Fsp3) is 0.579. The minimum Gasteiger partial charge on any atom is -0.349 e. The lowest BCUT2D eigenvalue weighted by atomic mass is 9.91. The van der Waals surface area contributed by atoms with Crippen LogP contribution in [0.1, 0.15) is 54.4 Å². The number of nitrogens with one attached hydrogen (secondary N) is 2. The molecule has 1 unspecified atom stereocenters. The van der Waals surface area contributed by atoms with E-state index in [4.69, 9.17) is 0 Å². The largest absolute Gasteiger partial charge is 0.349 e. The summed E-state index contributed by atoms with van der Waals surface area (Å²) in [5.74, 6) is 0.670. The van der Waals surface area contributed by atoms with Crippen LogP contribution in [0.2, 0.25) is 0 Å². The summed E-state index contributed by atoms with van der Waals surface area (Å²) in [6.07, 6.45) is 4.09. The summed E-state index contributed by atoms with van der Waals surface area (Å²) in [6, 6.07) is 8.21. The zero-order chi connectivity index (χ0) is 16.9. The first kappa shape index (κ1) is 17.0. The van der Waals surface area contributed by atoms with Crippen LogP contribution in [-0.2, 0) is 4.79 Å². The van der Waals surface area contributed by atoms with Crippen molar-refractivity contribution in [1.82, 2.24) is 15.5 Å². The maximum absolute atomic E-state index is 12.4. The molecular formula is C19H27N3O2. The van der Waals surface area contributed by atoms with E-state index in [0.717, 1.165) is 44.6 Å². The molecule has 130 valence electrons. The fourth-order valence-electron chi connectivity index (χ4n) is 3.65. The standard InChI is InChI=1S/C19H27N3O2/c1-14(23)22-11-8-18(9-12-22)21-19(24)16-6-4-15(5-7-16)17-3-2-10-20-13-17/h4-7,17-18,20H,2-3,8-13H2,1H3,(H,21,24). The number of hydrogen-bond donors (Lipinski definition) is 2. The molecule has 0 radical (unpaired) electrons. The highest BCUT2D eigenvalue weighted by Gasteiger charge is 2.22. The second-order valence-corrected chi connectivity index (χ2v) is 6.92. The quantitative estimate of drug-likeness (QED) is 0.890. The number of hydrogen-bond acceptors (Lipinski definition) is 3. The molecule has 5 nitrogen and oxygen atoms in total. The number of benzene rings is 1. The summed E-state index contributed by atoms with van der Waals surface area (Å²) < 4.78 is 0. The van der Waals surface area contributed by atoms with Gasteiger partial charge in [-0.1, -0.05) is 12.1 Å². The molecule has 0 bridgehead atoms. The van der Waals surface area contributed by atoms with Crippen molar-refractivity contribution in [2.24, 2.45) is 0 Å². The van der Waals surface area contributed by atoms with E-state index in [1.165, 1.54) is 18.4 Å². The van der Waals surface area contributed by atoms with Crippen LogP contribution >= 0.6 is 0 Å². The summed E-state index contributed by atoms with van der Waals surface area (Å²) >= 11 is 0. The zero-order valence-corrected chi connectivity index (χ0v) is 14.4. The van der Waals surface area contributed by atoms with Gasteiger partial charge in [0.2, 0.25) is 5.91 Å². The number of carbonyl (C=O) groups is 2. The molecule has 1 atom stereocenters. The first-order valence-corrected chi connectivity index (χ1v) is 9.00. The summed E-state index contributed by atoms with van der Waals surface area (Å²) in [5.41, 5.74) is 2.03.